The smallest absolute Gasteiger partial charge is 0.130 e. The number of nitrogens with two attached hydrogens (primary N) is 1. The third kappa shape index (κ3) is 4.02. The van der Waals surface area contributed by atoms with Crippen LogP contribution in [0.25, 0.3) is 0 Å². The molecule has 3 nitrogen and oxygen atoms in total. The van der Waals surface area contributed by atoms with Crippen LogP contribution in [0.4, 0.5) is 0 Å². The van der Waals surface area contributed by atoms with Gasteiger partial charge in [0, 0.05) is 0 Å². The summed E-state index contributed by atoms with van der Waals surface area (Å²) in [7, 11) is -1.85. The summed E-state index contributed by atoms with van der Waals surface area (Å²) < 4.78 is 14.1. The summed E-state index contributed by atoms with van der Waals surface area (Å²) in [6.07, 6.45) is 0. The Morgan fingerprint density at radius 1 is 2.00 bits per heavy atom. The van der Waals surface area contributed by atoms with E-state index < -0.39 is 8.18 Å². The van der Waals surface area contributed by atoms with E-state index in [1.165, 1.54) is 0 Å². The molecule has 0 spiro atoms. The van der Waals surface area contributed by atoms with Gasteiger partial charge in [0.05, 0.1) is 0 Å². The molecule has 0 bridgehead atoms. The van der Waals surface area contributed by atoms with Gasteiger partial charge in [-0.05, 0) is 11.5 Å². The van der Waals surface area contributed by atoms with Crippen LogP contribution in [0.1, 0.15) is 6.92 Å². The first-order chi connectivity index (χ1) is 2.77. The molecule has 0 aliphatic heterocycles. The van der Waals surface area contributed by atoms with E-state index in [1.807, 2.05) is 0 Å². The Morgan fingerprint density at radius 2 is 2.50 bits per heavy atom. The summed E-state index contributed by atoms with van der Waals surface area (Å²) in [5, 5.41) is 0. The Hall–Kier alpha value is 0.0200. The van der Waals surface area contributed by atoms with Gasteiger partial charge >= 0.3 is 8.18 Å². The van der Waals surface area contributed by atoms with E-state index >= 15 is 0 Å². The third-order valence-electron chi connectivity index (χ3n) is 0.256. The molecule has 0 heterocycles. The van der Waals surface area contributed by atoms with Crippen molar-refractivity contribution in [3.63, 3.8) is 0 Å². The second-order valence-electron chi connectivity index (χ2n) is 0.703. The SMILES string of the molecule is CCO[P+](N)=O. The van der Waals surface area contributed by atoms with Crippen molar-refractivity contribution in [2.45, 2.75) is 6.92 Å². The third-order valence-corrected chi connectivity index (χ3v) is 0.769. The summed E-state index contributed by atoms with van der Waals surface area (Å²) in [6, 6.07) is 0. The fourth-order valence-corrected chi connectivity index (χ4v) is 0.382. The van der Waals surface area contributed by atoms with Gasteiger partial charge in [-0.15, -0.1) is 4.52 Å². The van der Waals surface area contributed by atoms with Crippen molar-refractivity contribution in [3.05, 3.63) is 0 Å². The van der Waals surface area contributed by atoms with Gasteiger partial charge in [0.15, 0.2) is 0 Å². The van der Waals surface area contributed by atoms with Gasteiger partial charge < -0.3 is 0 Å². The van der Waals surface area contributed by atoms with E-state index in [0.29, 0.717) is 6.61 Å². The summed E-state index contributed by atoms with van der Waals surface area (Å²) in [6.45, 7) is 2.16. The van der Waals surface area contributed by atoms with Crippen molar-refractivity contribution in [3.8, 4) is 0 Å². The van der Waals surface area contributed by atoms with Gasteiger partial charge in [-0.1, -0.05) is 5.50 Å². The topological polar surface area (TPSA) is 52.3 Å². The zero-order chi connectivity index (χ0) is 4.99. The molecular formula is C2H7NO2P+. The minimum absolute atomic E-state index is 0.422. The van der Waals surface area contributed by atoms with Crippen molar-refractivity contribution in [1.29, 1.82) is 0 Å². The lowest BCUT2D eigenvalue weighted by molar-refractivity contribution is 0.351. The molecule has 0 rings (SSSR count). The van der Waals surface area contributed by atoms with Gasteiger partial charge in [-0.2, -0.15) is 0 Å². The zero-order valence-electron chi connectivity index (χ0n) is 3.55. The zero-order valence-corrected chi connectivity index (χ0v) is 4.44. The van der Waals surface area contributed by atoms with Gasteiger partial charge in [0.25, 0.3) is 0 Å². The van der Waals surface area contributed by atoms with Crippen LogP contribution in [0.2, 0.25) is 0 Å². The van der Waals surface area contributed by atoms with E-state index in [4.69, 9.17) is 0 Å². The minimum Gasteiger partial charge on any atom is -0.130 e. The van der Waals surface area contributed by atoms with E-state index in [-0.39, 0.29) is 0 Å². The molecule has 4 heteroatoms. The first kappa shape index (κ1) is 6.02. The molecule has 0 fully saturated rings. The average Bonchev–Trinajstić information content (AvgIpc) is 1.35. The Balaban J connectivity index is 2.83. The van der Waals surface area contributed by atoms with E-state index in [2.05, 4.69) is 10.0 Å². The van der Waals surface area contributed by atoms with Gasteiger partial charge in [-0.25, -0.2) is 0 Å². The van der Waals surface area contributed by atoms with Crippen molar-refractivity contribution < 1.29 is 9.09 Å². The molecule has 0 aliphatic rings. The highest BCUT2D eigenvalue weighted by molar-refractivity contribution is 7.36. The molecule has 6 heavy (non-hydrogen) atoms. The maximum atomic E-state index is 9.75. The van der Waals surface area contributed by atoms with E-state index in [1.54, 1.807) is 6.92 Å². The molecule has 0 aromatic rings. The van der Waals surface area contributed by atoms with Crippen LogP contribution >= 0.6 is 8.18 Å². The average molecular weight is 108 g/mol. The Labute approximate surface area is 37.4 Å². The molecule has 0 radical (unpaired) electrons. The number of hydrogen-bond donors (Lipinski definition) is 1. The quantitative estimate of drug-likeness (QED) is 0.528. The second kappa shape index (κ2) is 3.22. The highest BCUT2D eigenvalue weighted by Crippen LogP contribution is 2.06. The Bertz CT molecular complexity index is 55.5. The molecule has 0 saturated carbocycles. The molecule has 0 saturated heterocycles. The molecule has 1 unspecified atom stereocenters. The van der Waals surface area contributed by atoms with Crippen LogP contribution in [0.15, 0.2) is 0 Å². The van der Waals surface area contributed by atoms with E-state index in [0.717, 1.165) is 0 Å². The summed E-state index contributed by atoms with van der Waals surface area (Å²) in [5.74, 6) is 0. The van der Waals surface area contributed by atoms with Crippen molar-refractivity contribution in [1.82, 2.24) is 0 Å². The monoisotopic (exact) mass is 108 g/mol. The lowest BCUT2D eigenvalue weighted by Crippen LogP contribution is -1.83. The molecule has 0 aliphatic carbocycles. The van der Waals surface area contributed by atoms with Crippen LogP contribution < -0.4 is 5.50 Å². The summed E-state index contributed by atoms with van der Waals surface area (Å²) in [5.41, 5.74) is 4.69. The Kier molecular flexibility index (Phi) is 3.23. The van der Waals surface area contributed by atoms with Crippen LogP contribution in [-0.2, 0) is 9.09 Å². The van der Waals surface area contributed by atoms with Gasteiger partial charge in [-0.3, -0.25) is 0 Å². The first-order valence-corrected chi connectivity index (χ1v) is 2.87. The van der Waals surface area contributed by atoms with Crippen molar-refractivity contribution >= 4 is 8.18 Å². The standard InChI is InChI=1S/C2H7NO2P/c1-2-5-6(3)4/h2H2,1H3,(H2,3,4)/q+1. The lowest BCUT2D eigenvalue weighted by atomic mass is 10.9. The fourth-order valence-electron chi connectivity index (χ4n) is 0.127. The van der Waals surface area contributed by atoms with Crippen molar-refractivity contribution in [2.24, 2.45) is 5.50 Å². The van der Waals surface area contributed by atoms with Crippen LogP contribution in [0.5, 0.6) is 0 Å². The Morgan fingerprint density at radius 3 is 2.50 bits per heavy atom. The van der Waals surface area contributed by atoms with Crippen molar-refractivity contribution in [2.75, 3.05) is 6.61 Å². The molecule has 36 valence electrons. The van der Waals surface area contributed by atoms with Crippen LogP contribution in [0, 0.1) is 0 Å². The van der Waals surface area contributed by atoms with Crippen LogP contribution in [0.3, 0.4) is 0 Å². The summed E-state index contributed by atoms with van der Waals surface area (Å²) >= 11 is 0. The highest BCUT2D eigenvalue weighted by atomic mass is 31.1. The number of rotatable bonds is 2. The lowest BCUT2D eigenvalue weighted by Gasteiger charge is -1.69. The first-order valence-electron chi connectivity index (χ1n) is 1.62. The molecule has 2 N–H and O–H groups in total. The summed E-state index contributed by atoms with van der Waals surface area (Å²) in [4.78, 5) is 0. The molecule has 0 aromatic heterocycles. The van der Waals surface area contributed by atoms with Gasteiger partial charge in [0.1, 0.15) is 6.61 Å². The predicted octanol–water partition coefficient (Wildman–Crippen LogP) is 0.639. The largest absolute Gasteiger partial charge is 0.610 e. The molecule has 0 amide bonds. The predicted molar refractivity (Wildman–Crippen MR) is 23.4 cm³/mol. The normalized spacial score (nSPS) is 11.3. The number of hydrogen-bond acceptors (Lipinski definition) is 2. The fraction of sp³-hybridized carbons (Fsp3) is 1.00. The maximum Gasteiger partial charge on any atom is 0.610 e. The minimum atomic E-state index is -1.85. The maximum absolute atomic E-state index is 9.75. The van der Waals surface area contributed by atoms with E-state index in [9.17, 15) is 4.57 Å². The second-order valence-corrected chi connectivity index (χ2v) is 1.53. The molecule has 1 atom stereocenters. The molecule has 0 aromatic carbocycles. The highest BCUT2D eigenvalue weighted by Gasteiger charge is 2.02. The van der Waals surface area contributed by atoms with Crippen LogP contribution in [-0.4, -0.2) is 6.61 Å². The van der Waals surface area contributed by atoms with Gasteiger partial charge in [0.2, 0.25) is 0 Å². The molecular weight excluding hydrogens is 101 g/mol.